The number of hydrogen-bond acceptors (Lipinski definition) is 4. The number of carbonyl (C=O) groups is 1. The molecule has 1 fully saturated rings. The SMILES string of the molecule is CC1(OCC(=O)NCC(O)C(F)(F)F)CNC1. The molecule has 1 saturated heterocycles. The van der Waals surface area contributed by atoms with Gasteiger partial charge in [0.25, 0.3) is 0 Å². The highest BCUT2D eigenvalue weighted by atomic mass is 19.4. The van der Waals surface area contributed by atoms with Crippen molar-refractivity contribution in [2.24, 2.45) is 0 Å². The smallest absolute Gasteiger partial charge is 0.382 e. The molecule has 0 aromatic heterocycles. The molecule has 1 aliphatic heterocycles. The van der Waals surface area contributed by atoms with E-state index in [4.69, 9.17) is 9.84 Å². The van der Waals surface area contributed by atoms with Crippen molar-refractivity contribution < 1.29 is 27.8 Å². The molecule has 0 bridgehead atoms. The Kier molecular flexibility index (Phi) is 4.34. The number of hydrogen-bond donors (Lipinski definition) is 3. The summed E-state index contributed by atoms with van der Waals surface area (Å²) >= 11 is 0. The number of alkyl halides is 3. The van der Waals surface area contributed by atoms with Gasteiger partial charge in [0.05, 0.1) is 12.1 Å². The van der Waals surface area contributed by atoms with E-state index in [2.05, 4.69) is 5.32 Å². The first kappa shape index (κ1) is 14.2. The Bertz CT molecular complexity index is 279. The molecular weight excluding hydrogens is 241 g/mol. The van der Waals surface area contributed by atoms with Crippen LogP contribution in [0.2, 0.25) is 0 Å². The van der Waals surface area contributed by atoms with Crippen LogP contribution in [0.5, 0.6) is 0 Å². The molecule has 1 heterocycles. The lowest BCUT2D eigenvalue weighted by Gasteiger charge is -2.38. The molecule has 1 unspecified atom stereocenters. The summed E-state index contributed by atoms with van der Waals surface area (Å²) in [5, 5.41) is 13.5. The summed E-state index contributed by atoms with van der Waals surface area (Å²) in [6.07, 6.45) is -7.27. The van der Waals surface area contributed by atoms with Crippen LogP contribution in [0.3, 0.4) is 0 Å². The van der Waals surface area contributed by atoms with Crippen LogP contribution >= 0.6 is 0 Å². The predicted octanol–water partition coefficient (Wildman–Crippen LogP) is -0.596. The fourth-order valence-corrected chi connectivity index (χ4v) is 1.20. The minimum absolute atomic E-state index is 0.317. The number of halogens is 3. The van der Waals surface area contributed by atoms with Crippen LogP contribution in [0.4, 0.5) is 13.2 Å². The first-order valence-electron chi connectivity index (χ1n) is 5.09. The molecule has 0 spiro atoms. The van der Waals surface area contributed by atoms with Gasteiger partial charge < -0.3 is 20.5 Å². The zero-order chi connectivity index (χ0) is 13.1. The van der Waals surface area contributed by atoms with E-state index < -0.39 is 30.3 Å². The van der Waals surface area contributed by atoms with Crippen molar-refractivity contribution in [3.63, 3.8) is 0 Å². The van der Waals surface area contributed by atoms with Gasteiger partial charge in [-0.1, -0.05) is 0 Å². The van der Waals surface area contributed by atoms with E-state index in [1.807, 2.05) is 5.32 Å². The van der Waals surface area contributed by atoms with Gasteiger partial charge in [-0.2, -0.15) is 13.2 Å². The number of aliphatic hydroxyl groups is 1. The van der Waals surface area contributed by atoms with E-state index >= 15 is 0 Å². The van der Waals surface area contributed by atoms with Crippen LogP contribution in [0.25, 0.3) is 0 Å². The largest absolute Gasteiger partial charge is 0.416 e. The molecule has 0 aromatic rings. The van der Waals surface area contributed by atoms with E-state index in [0.717, 1.165) is 0 Å². The first-order valence-corrected chi connectivity index (χ1v) is 5.09. The summed E-state index contributed by atoms with van der Waals surface area (Å²) in [7, 11) is 0. The number of carbonyl (C=O) groups excluding carboxylic acids is 1. The molecule has 1 rings (SSSR count). The van der Waals surface area contributed by atoms with Crippen LogP contribution in [-0.4, -0.2) is 55.1 Å². The molecule has 0 saturated carbocycles. The standard InChI is InChI=1S/C9H15F3N2O3/c1-8(4-13-5-8)17-3-7(16)14-2-6(15)9(10,11)12/h6,13,15H,2-5H2,1H3,(H,14,16). The number of ether oxygens (including phenoxy) is 1. The highest BCUT2D eigenvalue weighted by Crippen LogP contribution is 2.19. The lowest BCUT2D eigenvalue weighted by molar-refractivity contribution is -0.202. The second-order valence-corrected chi connectivity index (χ2v) is 4.20. The Morgan fingerprint density at radius 3 is 2.59 bits per heavy atom. The molecule has 8 heteroatoms. The Labute approximate surface area is 96.3 Å². The van der Waals surface area contributed by atoms with E-state index in [1.54, 1.807) is 6.92 Å². The van der Waals surface area contributed by atoms with Crippen molar-refractivity contribution in [1.82, 2.24) is 10.6 Å². The molecular formula is C9H15F3N2O3. The molecule has 1 atom stereocenters. The zero-order valence-corrected chi connectivity index (χ0v) is 9.30. The molecule has 100 valence electrons. The van der Waals surface area contributed by atoms with E-state index in [1.165, 1.54) is 0 Å². The molecule has 0 aromatic carbocycles. The monoisotopic (exact) mass is 256 g/mol. The van der Waals surface area contributed by atoms with Crippen molar-refractivity contribution >= 4 is 5.91 Å². The van der Waals surface area contributed by atoms with E-state index in [9.17, 15) is 18.0 Å². The van der Waals surface area contributed by atoms with Crippen LogP contribution in [0, 0.1) is 0 Å². The summed E-state index contributed by atoms with van der Waals surface area (Å²) in [5.41, 5.74) is -0.431. The van der Waals surface area contributed by atoms with Gasteiger partial charge in [-0.25, -0.2) is 0 Å². The molecule has 0 aliphatic carbocycles. The quantitative estimate of drug-likeness (QED) is 0.614. The average molecular weight is 256 g/mol. The highest BCUT2D eigenvalue weighted by Gasteiger charge is 2.38. The van der Waals surface area contributed by atoms with Crippen molar-refractivity contribution in [2.75, 3.05) is 26.2 Å². The normalized spacial score (nSPS) is 20.5. The summed E-state index contributed by atoms with van der Waals surface area (Å²) in [6, 6.07) is 0. The maximum Gasteiger partial charge on any atom is 0.416 e. The molecule has 17 heavy (non-hydrogen) atoms. The number of nitrogens with one attached hydrogen (secondary N) is 2. The number of rotatable bonds is 5. The van der Waals surface area contributed by atoms with Crippen molar-refractivity contribution in [3.05, 3.63) is 0 Å². The molecule has 1 aliphatic rings. The van der Waals surface area contributed by atoms with E-state index in [0.29, 0.717) is 13.1 Å². The van der Waals surface area contributed by atoms with Gasteiger partial charge >= 0.3 is 6.18 Å². The minimum atomic E-state index is -4.72. The topological polar surface area (TPSA) is 70.6 Å². The Balaban J connectivity index is 2.17. The van der Waals surface area contributed by atoms with E-state index in [-0.39, 0.29) is 6.61 Å². The summed E-state index contributed by atoms with van der Waals surface area (Å²) in [4.78, 5) is 11.1. The molecule has 5 nitrogen and oxygen atoms in total. The molecule has 3 N–H and O–H groups in total. The van der Waals surface area contributed by atoms with Crippen molar-refractivity contribution in [1.29, 1.82) is 0 Å². The van der Waals surface area contributed by atoms with Crippen LogP contribution in [0.15, 0.2) is 0 Å². The van der Waals surface area contributed by atoms with Crippen molar-refractivity contribution in [3.8, 4) is 0 Å². The Hall–Kier alpha value is -0.860. The van der Waals surface area contributed by atoms with Crippen LogP contribution in [0.1, 0.15) is 6.92 Å². The molecule has 1 amide bonds. The fourth-order valence-electron chi connectivity index (χ4n) is 1.20. The van der Waals surface area contributed by atoms with Crippen LogP contribution in [-0.2, 0) is 9.53 Å². The number of aliphatic hydroxyl groups excluding tert-OH is 1. The molecule has 0 radical (unpaired) electrons. The third kappa shape index (κ3) is 4.49. The maximum absolute atomic E-state index is 11.9. The van der Waals surface area contributed by atoms with Gasteiger partial charge in [0, 0.05) is 13.1 Å². The zero-order valence-electron chi connectivity index (χ0n) is 9.30. The maximum atomic E-state index is 11.9. The minimum Gasteiger partial charge on any atom is -0.382 e. The summed E-state index contributed by atoms with van der Waals surface area (Å²) in [5.74, 6) is -0.679. The second-order valence-electron chi connectivity index (χ2n) is 4.20. The third-order valence-corrected chi connectivity index (χ3v) is 2.42. The first-order chi connectivity index (χ1) is 7.73. The van der Waals surface area contributed by atoms with Gasteiger partial charge in [-0.15, -0.1) is 0 Å². The van der Waals surface area contributed by atoms with Gasteiger partial charge in [0.1, 0.15) is 6.61 Å². The van der Waals surface area contributed by atoms with Gasteiger partial charge in [0.15, 0.2) is 6.10 Å². The highest BCUT2D eigenvalue weighted by molar-refractivity contribution is 5.77. The lowest BCUT2D eigenvalue weighted by Crippen LogP contribution is -2.59. The summed E-state index contributed by atoms with van der Waals surface area (Å²) in [6.45, 7) is 1.82. The predicted molar refractivity (Wildman–Crippen MR) is 52.3 cm³/mol. The fraction of sp³-hybridized carbons (Fsp3) is 0.889. The van der Waals surface area contributed by atoms with Gasteiger partial charge in [-0.05, 0) is 6.92 Å². The van der Waals surface area contributed by atoms with Crippen LogP contribution < -0.4 is 10.6 Å². The Morgan fingerprint density at radius 2 is 2.18 bits per heavy atom. The van der Waals surface area contributed by atoms with Gasteiger partial charge in [-0.3, -0.25) is 4.79 Å². The average Bonchev–Trinajstić information content (AvgIpc) is 2.18. The number of amides is 1. The lowest BCUT2D eigenvalue weighted by atomic mass is 10.0. The Morgan fingerprint density at radius 1 is 1.59 bits per heavy atom. The second kappa shape index (κ2) is 5.19. The third-order valence-electron chi connectivity index (χ3n) is 2.42. The van der Waals surface area contributed by atoms with Gasteiger partial charge in [0.2, 0.25) is 5.91 Å². The summed E-state index contributed by atoms with van der Waals surface area (Å²) < 4.78 is 40.9. The van der Waals surface area contributed by atoms with Crippen molar-refractivity contribution in [2.45, 2.75) is 24.8 Å².